The van der Waals surface area contributed by atoms with E-state index in [1.54, 1.807) is 0 Å². The van der Waals surface area contributed by atoms with Gasteiger partial charge in [0, 0.05) is 5.69 Å². The number of hydrogen-bond acceptors (Lipinski definition) is 4. The van der Waals surface area contributed by atoms with E-state index in [0.717, 1.165) is 12.1 Å². The average Bonchev–Trinajstić information content (AvgIpc) is 2.73. The molecule has 0 unspecified atom stereocenters. The molecule has 106 valence electrons. The first-order chi connectivity index (χ1) is 9.27. The molecule has 0 saturated heterocycles. The molecular weight excluding hydrogens is 284 g/mol. The predicted molar refractivity (Wildman–Crippen MR) is 58.1 cm³/mol. The van der Waals surface area contributed by atoms with E-state index in [9.17, 15) is 22.4 Å². The summed E-state index contributed by atoms with van der Waals surface area (Å²) in [4.78, 5) is 13.7. The SMILES string of the molecule is O=C(O)c1oc(Nc2cccc(F)c2)nc1C(F)(F)F. The monoisotopic (exact) mass is 290 g/mol. The van der Waals surface area contributed by atoms with Crippen LogP contribution in [0, 0.1) is 5.82 Å². The van der Waals surface area contributed by atoms with Gasteiger partial charge in [0.1, 0.15) is 5.82 Å². The van der Waals surface area contributed by atoms with Crippen molar-refractivity contribution in [1.29, 1.82) is 0 Å². The lowest BCUT2D eigenvalue weighted by atomic mass is 10.3. The highest BCUT2D eigenvalue weighted by atomic mass is 19.4. The molecule has 0 spiro atoms. The van der Waals surface area contributed by atoms with Crippen molar-refractivity contribution in [3.05, 3.63) is 41.5 Å². The Kier molecular flexibility index (Phi) is 3.35. The van der Waals surface area contributed by atoms with E-state index in [1.165, 1.54) is 12.1 Å². The quantitative estimate of drug-likeness (QED) is 0.848. The summed E-state index contributed by atoms with van der Waals surface area (Å²) in [5.41, 5.74) is -1.60. The minimum atomic E-state index is -4.97. The molecule has 0 aliphatic carbocycles. The summed E-state index contributed by atoms with van der Waals surface area (Å²) >= 11 is 0. The van der Waals surface area contributed by atoms with Crippen LogP contribution >= 0.6 is 0 Å². The van der Waals surface area contributed by atoms with Gasteiger partial charge in [-0.2, -0.15) is 18.2 Å². The normalized spacial score (nSPS) is 11.4. The first-order valence-electron chi connectivity index (χ1n) is 5.11. The fraction of sp³-hybridized carbons (Fsp3) is 0.0909. The van der Waals surface area contributed by atoms with Crippen LogP contribution in [0.4, 0.5) is 29.3 Å². The van der Waals surface area contributed by atoms with Crippen molar-refractivity contribution in [3.63, 3.8) is 0 Å². The van der Waals surface area contributed by atoms with Crippen LogP contribution in [-0.2, 0) is 6.18 Å². The second-order valence-corrected chi connectivity index (χ2v) is 3.64. The van der Waals surface area contributed by atoms with Gasteiger partial charge in [0.05, 0.1) is 0 Å². The van der Waals surface area contributed by atoms with Gasteiger partial charge in [0.25, 0.3) is 0 Å². The fourth-order valence-electron chi connectivity index (χ4n) is 1.40. The number of rotatable bonds is 3. The lowest BCUT2D eigenvalue weighted by molar-refractivity contribution is -0.141. The maximum absolute atomic E-state index is 12.9. The summed E-state index contributed by atoms with van der Waals surface area (Å²) in [6.07, 6.45) is -4.97. The molecule has 20 heavy (non-hydrogen) atoms. The van der Waals surface area contributed by atoms with Crippen LogP contribution in [-0.4, -0.2) is 16.1 Å². The van der Waals surface area contributed by atoms with Crippen molar-refractivity contribution in [3.8, 4) is 0 Å². The number of carbonyl (C=O) groups is 1. The van der Waals surface area contributed by atoms with Gasteiger partial charge in [-0.05, 0) is 18.2 Å². The Morgan fingerprint density at radius 3 is 2.55 bits per heavy atom. The zero-order chi connectivity index (χ0) is 14.9. The van der Waals surface area contributed by atoms with Crippen molar-refractivity contribution in [2.45, 2.75) is 6.18 Å². The van der Waals surface area contributed by atoms with Crippen LogP contribution in [0.1, 0.15) is 16.2 Å². The number of anilines is 2. The molecule has 2 aromatic rings. The number of carboxylic acid groups (broad SMARTS) is 1. The van der Waals surface area contributed by atoms with Gasteiger partial charge in [-0.1, -0.05) is 6.07 Å². The zero-order valence-electron chi connectivity index (χ0n) is 9.53. The number of hydrogen-bond donors (Lipinski definition) is 2. The number of nitrogens with one attached hydrogen (secondary N) is 1. The summed E-state index contributed by atoms with van der Waals surface area (Å²) in [5, 5.41) is 10.9. The second-order valence-electron chi connectivity index (χ2n) is 3.64. The Morgan fingerprint density at radius 1 is 1.35 bits per heavy atom. The van der Waals surface area contributed by atoms with Gasteiger partial charge < -0.3 is 14.8 Å². The van der Waals surface area contributed by atoms with Crippen LogP contribution in [0.5, 0.6) is 0 Å². The third-order valence-electron chi connectivity index (χ3n) is 2.17. The summed E-state index contributed by atoms with van der Waals surface area (Å²) in [6.45, 7) is 0. The highest BCUT2D eigenvalue weighted by Crippen LogP contribution is 2.33. The lowest BCUT2D eigenvalue weighted by Crippen LogP contribution is -2.11. The molecule has 0 radical (unpaired) electrons. The molecule has 0 saturated carbocycles. The number of aromatic nitrogens is 1. The Bertz CT molecular complexity index is 651. The van der Waals surface area contributed by atoms with Gasteiger partial charge in [-0.25, -0.2) is 9.18 Å². The number of nitrogens with zero attached hydrogens (tertiary/aromatic N) is 1. The maximum Gasteiger partial charge on any atom is 0.437 e. The molecule has 0 amide bonds. The summed E-state index contributed by atoms with van der Waals surface area (Å²) in [7, 11) is 0. The maximum atomic E-state index is 12.9. The Balaban J connectivity index is 2.37. The van der Waals surface area contributed by atoms with Crippen LogP contribution in [0.2, 0.25) is 0 Å². The zero-order valence-corrected chi connectivity index (χ0v) is 9.53. The number of carboxylic acids is 1. The summed E-state index contributed by atoms with van der Waals surface area (Å²) < 4.78 is 55.0. The second kappa shape index (κ2) is 4.83. The topological polar surface area (TPSA) is 75.4 Å². The number of alkyl halides is 3. The highest BCUT2D eigenvalue weighted by molar-refractivity contribution is 5.86. The Labute approximate surface area is 108 Å². The van der Waals surface area contributed by atoms with Crippen LogP contribution in [0.25, 0.3) is 0 Å². The molecule has 9 heteroatoms. The number of benzene rings is 1. The van der Waals surface area contributed by atoms with Crippen molar-refractivity contribution < 1.29 is 31.9 Å². The van der Waals surface area contributed by atoms with Crippen molar-refractivity contribution in [2.75, 3.05) is 5.32 Å². The van der Waals surface area contributed by atoms with E-state index in [4.69, 9.17) is 5.11 Å². The van der Waals surface area contributed by atoms with Crippen LogP contribution < -0.4 is 5.32 Å². The summed E-state index contributed by atoms with van der Waals surface area (Å²) in [5.74, 6) is -3.87. The van der Waals surface area contributed by atoms with E-state index in [1.807, 2.05) is 0 Å². The standard InChI is InChI=1S/C11H6F4N2O3/c12-5-2-1-3-6(4-5)16-10-17-8(11(13,14)15)7(20-10)9(18)19/h1-4H,(H,16,17)(H,18,19). The minimum absolute atomic E-state index is 0.0666. The molecular formula is C11H6F4N2O3. The lowest BCUT2D eigenvalue weighted by Gasteiger charge is -2.01. The predicted octanol–water partition coefficient (Wildman–Crippen LogP) is 3.27. The van der Waals surface area contributed by atoms with E-state index < -0.39 is 35.4 Å². The van der Waals surface area contributed by atoms with Crippen molar-refractivity contribution in [1.82, 2.24) is 4.98 Å². The number of halogens is 4. The van der Waals surface area contributed by atoms with Gasteiger partial charge in [0.15, 0.2) is 5.69 Å². The fourth-order valence-corrected chi connectivity index (χ4v) is 1.40. The average molecular weight is 290 g/mol. The van der Waals surface area contributed by atoms with Crippen LogP contribution in [0.3, 0.4) is 0 Å². The molecule has 1 aromatic carbocycles. The van der Waals surface area contributed by atoms with E-state index in [2.05, 4.69) is 14.7 Å². The Morgan fingerprint density at radius 2 is 2.05 bits per heavy atom. The molecule has 0 atom stereocenters. The highest BCUT2D eigenvalue weighted by Gasteiger charge is 2.41. The Hall–Kier alpha value is -2.58. The summed E-state index contributed by atoms with van der Waals surface area (Å²) in [6, 6.07) is 4.08. The van der Waals surface area contributed by atoms with Gasteiger partial charge in [0.2, 0.25) is 5.76 Å². The molecule has 0 aliphatic rings. The third kappa shape index (κ3) is 2.87. The van der Waals surface area contributed by atoms with Crippen LogP contribution in [0.15, 0.2) is 28.7 Å². The van der Waals surface area contributed by atoms with Gasteiger partial charge >= 0.3 is 18.2 Å². The molecule has 2 rings (SSSR count). The largest absolute Gasteiger partial charge is 0.475 e. The van der Waals surface area contributed by atoms with Crippen molar-refractivity contribution >= 4 is 17.7 Å². The van der Waals surface area contributed by atoms with Crippen molar-refractivity contribution in [2.24, 2.45) is 0 Å². The molecule has 0 aliphatic heterocycles. The first-order valence-corrected chi connectivity index (χ1v) is 5.11. The number of aromatic carboxylic acids is 1. The van der Waals surface area contributed by atoms with E-state index >= 15 is 0 Å². The molecule has 2 N–H and O–H groups in total. The minimum Gasteiger partial charge on any atom is -0.475 e. The van der Waals surface area contributed by atoms with E-state index in [-0.39, 0.29) is 5.69 Å². The van der Waals surface area contributed by atoms with Gasteiger partial charge in [-0.3, -0.25) is 0 Å². The first kappa shape index (κ1) is 13.8. The van der Waals surface area contributed by atoms with E-state index in [0.29, 0.717) is 0 Å². The number of oxazole rings is 1. The van der Waals surface area contributed by atoms with Gasteiger partial charge in [-0.15, -0.1) is 0 Å². The molecule has 5 nitrogen and oxygen atoms in total. The molecule has 1 heterocycles. The third-order valence-corrected chi connectivity index (χ3v) is 2.17. The molecule has 0 fully saturated rings. The molecule has 1 aromatic heterocycles. The smallest absolute Gasteiger partial charge is 0.437 e. The molecule has 0 bridgehead atoms.